The van der Waals surface area contributed by atoms with Gasteiger partial charge in [0.05, 0.1) is 4.92 Å². The average Bonchev–Trinajstić information content (AvgIpc) is 3.39. The van der Waals surface area contributed by atoms with Crippen molar-refractivity contribution in [2.75, 3.05) is 12.3 Å². The zero-order chi connectivity index (χ0) is 55.9. The van der Waals surface area contributed by atoms with Crippen LogP contribution in [0.5, 0.6) is 11.5 Å². The van der Waals surface area contributed by atoms with E-state index in [1.807, 2.05) is 0 Å². The first-order valence-corrected chi connectivity index (χ1v) is 25.3. The SMILES string of the molecule is CCC(C)C(NC(=O)C(CS)NC(C)=O)C(=O)NC(Cc1ccc(O)cc1)C(=O)NC(CCCCN)C(=O)NC(Cc1ccc([N+](=O)[O-])cc1)C(=O)NC(Cc1ccc(O)cc1)C(=O)NC(Cc1ccccc1)C(=O)O. The van der Waals surface area contributed by atoms with E-state index in [2.05, 4.69) is 49.8 Å². The molecule has 0 aliphatic rings. The van der Waals surface area contributed by atoms with Crippen LogP contribution in [0.4, 0.5) is 5.69 Å². The molecular weight excluding hydrogens is 1000 g/mol. The van der Waals surface area contributed by atoms with Crippen LogP contribution in [-0.4, -0.2) is 122 Å². The van der Waals surface area contributed by atoms with E-state index >= 15 is 0 Å². The van der Waals surface area contributed by atoms with Crippen molar-refractivity contribution >= 4 is 65.6 Å². The van der Waals surface area contributed by atoms with Crippen molar-refractivity contribution in [3.63, 3.8) is 0 Å². The number of thiol groups is 1. The second kappa shape index (κ2) is 30.4. The van der Waals surface area contributed by atoms with Crippen LogP contribution < -0.4 is 43.0 Å². The van der Waals surface area contributed by atoms with Gasteiger partial charge < -0.3 is 58.3 Å². The Morgan fingerprint density at radius 1 is 0.553 bits per heavy atom. The Hall–Kier alpha value is -8.05. The number of phenols is 2. The highest BCUT2D eigenvalue weighted by atomic mass is 32.1. The topological polar surface area (TPSA) is 351 Å². The standard InChI is InChI=1S/C53H67N9O13S/c1-4-31(2)46(61-51(70)45(30-76)55-32(3)63)52(71)59-43(28-36-17-23-39(65)24-18-36)48(67)56-40(12-8-9-25-54)47(66)57-41(26-34-13-19-37(20-14-34)62(74)75)49(68)58-42(27-35-15-21-38(64)22-16-35)50(69)60-44(53(72)73)29-33-10-6-5-7-11-33/h5-7,10-11,13-24,31,40-46,64-65,76H,4,8-9,12,25-30,54H2,1-3H3,(H,55,63)(H,56,67)(H,57,66)(H,58,68)(H,59,71)(H,60,69)(H,61,70)(H,72,73). The van der Waals surface area contributed by atoms with Gasteiger partial charge in [-0.25, -0.2) is 4.79 Å². The molecule has 12 N–H and O–H groups in total. The first-order valence-electron chi connectivity index (χ1n) is 24.7. The van der Waals surface area contributed by atoms with E-state index in [0.717, 1.165) is 0 Å². The number of non-ortho nitro benzene ring substituents is 1. The minimum atomic E-state index is -1.55. The summed E-state index contributed by atoms with van der Waals surface area (Å²) in [5.41, 5.74) is 7.42. The average molecular weight is 1070 g/mol. The number of carboxylic acids is 1. The molecule has 0 fully saturated rings. The van der Waals surface area contributed by atoms with E-state index in [-0.39, 0.29) is 68.0 Å². The van der Waals surface area contributed by atoms with E-state index in [0.29, 0.717) is 35.1 Å². The molecule has 7 amide bonds. The molecule has 0 aliphatic carbocycles. The Morgan fingerprint density at radius 2 is 0.947 bits per heavy atom. The number of nitrogens with zero attached hydrogens (tertiary/aromatic N) is 1. The number of aromatic hydroxyl groups is 2. The van der Waals surface area contributed by atoms with Crippen LogP contribution in [0.25, 0.3) is 0 Å². The van der Waals surface area contributed by atoms with E-state index in [9.17, 15) is 63.8 Å². The number of carbonyl (C=O) groups is 8. The van der Waals surface area contributed by atoms with Gasteiger partial charge in [-0.1, -0.05) is 87.0 Å². The summed E-state index contributed by atoms with van der Waals surface area (Å²) < 4.78 is 0. The monoisotopic (exact) mass is 1070 g/mol. The highest BCUT2D eigenvalue weighted by molar-refractivity contribution is 7.80. The molecule has 0 aromatic heterocycles. The highest BCUT2D eigenvalue weighted by Gasteiger charge is 2.35. The van der Waals surface area contributed by atoms with Crippen LogP contribution in [0.1, 0.15) is 68.7 Å². The maximum atomic E-state index is 14.6. The second-order valence-electron chi connectivity index (χ2n) is 18.3. The van der Waals surface area contributed by atoms with Gasteiger partial charge >= 0.3 is 5.97 Å². The molecule has 408 valence electrons. The quantitative estimate of drug-likeness (QED) is 0.0154. The molecule has 23 heteroatoms. The van der Waals surface area contributed by atoms with Crippen LogP contribution >= 0.6 is 12.6 Å². The van der Waals surface area contributed by atoms with Crippen LogP contribution in [0, 0.1) is 16.0 Å². The molecule has 8 atom stereocenters. The molecule has 0 aliphatic heterocycles. The molecule has 0 bridgehead atoms. The Kier molecular flexibility index (Phi) is 24.2. The van der Waals surface area contributed by atoms with Gasteiger partial charge in [-0.2, -0.15) is 12.6 Å². The summed E-state index contributed by atoms with van der Waals surface area (Å²) in [7, 11) is 0. The number of rotatable bonds is 30. The minimum absolute atomic E-state index is 0.0375. The maximum absolute atomic E-state index is 14.6. The second-order valence-corrected chi connectivity index (χ2v) is 18.7. The summed E-state index contributed by atoms with van der Waals surface area (Å²) in [6, 6.07) is 15.6. The first kappa shape index (κ1) is 60.5. The third-order valence-electron chi connectivity index (χ3n) is 12.4. The molecule has 4 aromatic carbocycles. The lowest BCUT2D eigenvalue weighted by Gasteiger charge is -2.29. The summed E-state index contributed by atoms with van der Waals surface area (Å²) in [6.07, 6.45) is 0.240. The lowest BCUT2D eigenvalue weighted by Crippen LogP contribution is -2.61. The summed E-state index contributed by atoms with van der Waals surface area (Å²) in [5, 5.41) is 60.1. The number of nitro benzene ring substituents is 1. The van der Waals surface area contributed by atoms with Crippen molar-refractivity contribution in [3.05, 3.63) is 135 Å². The lowest BCUT2D eigenvalue weighted by atomic mass is 9.96. The van der Waals surface area contributed by atoms with E-state index in [1.165, 1.54) is 79.7 Å². The van der Waals surface area contributed by atoms with Crippen molar-refractivity contribution in [2.24, 2.45) is 11.7 Å². The summed E-state index contributed by atoms with van der Waals surface area (Å²) in [5.74, 6) is -7.67. The number of carboxylic acid groups (broad SMARTS) is 1. The van der Waals surface area contributed by atoms with Gasteiger partial charge in [-0.05, 0) is 78.2 Å². The fourth-order valence-electron chi connectivity index (χ4n) is 7.91. The Bertz CT molecular complexity index is 2610. The summed E-state index contributed by atoms with van der Waals surface area (Å²) in [4.78, 5) is 121. The van der Waals surface area contributed by atoms with Gasteiger partial charge in [0.2, 0.25) is 41.4 Å². The summed E-state index contributed by atoms with van der Waals surface area (Å²) in [6.45, 7) is 4.92. The fourth-order valence-corrected chi connectivity index (χ4v) is 8.17. The predicted molar refractivity (Wildman–Crippen MR) is 284 cm³/mol. The maximum Gasteiger partial charge on any atom is 0.326 e. The Labute approximate surface area is 445 Å². The minimum Gasteiger partial charge on any atom is -0.508 e. The molecule has 8 unspecified atom stereocenters. The van der Waals surface area contributed by atoms with Gasteiger partial charge in [0, 0.05) is 50.5 Å². The third kappa shape index (κ3) is 19.7. The smallest absolute Gasteiger partial charge is 0.326 e. The zero-order valence-corrected chi connectivity index (χ0v) is 43.3. The number of carbonyl (C=O) groups excluding carboxylic acids is 7. The molecule has 4 aromatic rings. The Balaban J connectivity index is 1.71. The Morgan fingerprint density at radius 3 is 1.37 bits per heavy atom. The van der Waals surface area contributed by atoms with E-state index in [1.54, 1.807) is 44.2 Å². The molecule has 4 rings (SSSR count). The van der Waals surface area contributed by atoms with Crippen LogP contribution in [0.15, 0.2) is 103 Å². The van der Waals surface area contributed by atoms with Gasteiger partial charge in [-0.3, -0.25) is 43.7 Å². The third-order valence-corrected chi connectivity index (χ3v) is 12.8. The van der Waals surface area contributed by atoms with Gasteiger partial charge in [0.25, 0.3) is 5.69 Å². The lowest BCUT2D eigenvalue weighted by molar-refractivity contribution is -0.384. The van der Waals surface area contributed by atoms with E-state index < -0.39 is 100 Å². The van der Waals surface area contributed by atoms with Crippen molar-refractivity contribution in [3.8, 4) is 11.5 Å². The van der Waals surface area contributed by atoms with Gasteiger partial charge in [0.15, 0.2) is 0 Å². The number of benzene rings is 4. The van der Waals surface area contributed by atoms with E-state index in [4.69, 9.17) is 5.73 Å². The number of nitrogens with two attached hydrogens (primary N) is 1. The number of phenolic OH excluding ortho intramolecular Hbond substituents is 2. The van der Waals surface area contributed by atoms with Gasteiger partial charge in [0.1, 0.15) is 53.8 Å². The number of hydrogen-bond acceptors (Lipinski definition) is 14. The zero-order valence-electron chi connectivity index (χ0n) is 42.4. The molecule has 22 nitrogen and oxygen atoms in total. The fraction of sp³-hybridized carbons (Fsp3) is 0.396. The largest absolute Gasteiger partial charge is 0.508 e. The number of unbranched alkanes of at least 4 members (excludes halogenated alkanes) is 1. The number of amides is 7. The highest BCUT2D eigenvalue weighted by Crippen LogP contribution is 2.18. The first-order chi connectivity index (χ1) is 36.2. The van der Waals surface area contributed by atoms with Crippen LogP contribution in [0.2, 0.25) is 0 Å². The van der Waals surface area contributed by atoms with Crippen LogP contribution in [-0.2, 0) is 64.0 Å². The number of nitro groups is 1. The number of nitrogens with one attached hydrogen (secondary N) is 7. The molecule has 0 spiro atoms. The number of hydrogen-bond donors (Lipinski definition) is 12. The molecule has 0 heterocycles. The summed E-state index contributed by atoms with van der Waals surface area (Å²) >= 11 is 4.17. The molecule has 0 radical (unpaired) electrons. The molecule has 0 saturated carbocycles. The predicted octanol–water partition coefficient (Wildman–Crippen LogP) is 1.88. The van der Waals surface area contributed by atoms with Crippen LogP contribution in [0.3, 0.4) is 0 Å². The van der Waals surface area contributed by atoms with Crippen molar-refractivity contribution in [2.45, 2.75) is 114 Å². The van der Waals surface area contributed by atoms with Gasteiger partial charge in [-0.15, -0.1) is 0 Å². The van der Waals surface area contributed by atoms with Crippen molar-refractivity contribution in [1.82, 2.24) is 37.2 Å². The van der Waals surface area contributed by atoms with Crippen molar-refractivity contribution in [1.29, 1.82) is 0 Å². The molecule has 0 saturated heterocycles. The number of aliphatic carboxylic acids is 1. The normalized spacial score (nSPS) is 14.1. The van der Waals surface area contributed by atoms with Crippen molar-refractivity contribution < 1.29 is 58.6 Å². The molecular formula is C53H67N9O13S. The molecule has 76 heavy (non-hydrogen) atoms.